The fourth-order valence-electron chi connectivity index (χ4n) is 2.08. The zero-order valence-corrected chi connectivity index (χ0v) is 12.6. The molecule has 0 aromatic heterocycles. The van der Waals surface area contributed by atoms with Crippen LogP contribution in [0.1, 0.15) is 18.1 Å². The van der Waals surface area contributed by atoms with Crippen LogP contribution in [0.2, 0.25) is 0 Å². The lowest BCUT2D eigenvalue weighted by atomic mass is 9.89. The molecule has 19 heavy (non-hydrogen) atoms. The van der Waals surface area contributed by atoms with Crippen LogP contribution < -0.4 is 4.74 Å². The van der Waals surface area contributed by atoms with Crippen molar-refractivity contribution in [3.05, 3.63) is 64.1 Å². The van der Waals surface area contributed by atoms with Crippen molar-refractivity contribution in [1.29, 1.82) is 0 Å². The topological polar surface area (TPSA) is 29.5 Å². The zero-order chi connectivity index (χ0) is 13.9. The van der Waals surface area contributed by atoms with Crippen LogP contribution in [0.5, 0.6) is 5.75 Å². The minimum atomic E-state index is -0.907. The Kier molecular flexibility index (Phi) is 4.27. The maximum absolute atomic E-state index is 10.7. The molecule has 2 nitrogen and oxygen atoms in total. The quantitative estimate of drug-likeness (QED) is 0.925. The van der Waals surface area contributed by atoms with Crippen molar-refractivity contribution >= 4 is 15.9 Å². The fraction of sp³-hybridized carbons (Fsp3) is 0.250. The molecule has 2 rings (SSSR count). The molecule has 2 aromatic rings. The highest BCUT2D eigenvalue weighted by atomic mass is 79.9. The second kappa shape index (κ2) is 5.76. The zero-order valence-electron chi connectivity index (χ0n) is 11.1. The second-order valence-electron chi connectivity index (χ2n) is 4.77. The number of hydrogen-bond donors (Lipinski definition) is 1. The standard InChI is InChI=1S/C16H17BrO2/c1-16(18,13-6-4-3-5-7-13)11-12-10-14(19-2)8-9-15(12)17/h3-10,18H,11H2,1-2H3. The third-order valence-electron chi connectivity index (χ3n) is 3.18. The van der Waals surface area contributed by atoms with Gasteiger partial charge >= 0.3 is 0 Å². The molecule has 0 bridgehead atoms. The van der Waals surface area contributed by atoms with E-state index in [0.29, 0.717) is 6.42 Å². The van der Waals surface area contributed by atoms with Crippen molar-refractivity contribution in [2.24, 2.45) is 0 Å². The largest absolute Gasteiger partial charge is 0.497 e. The molecule has 0 amide bonds. The van der Waals surface area contributed by atoms with Gasteiger partial charge in [0.05, 0.1) is 12.7 Å². The van der Waals surface area contributed by atoms with Gasteiger partial charge < -0.3 is 9.84 Å². The van der Waals surface area contributed by atoms with Gasteiger partial charge in [-0.25, -0.2) is 0 Å². The van der Waals surface area contributed by atoms with Gasteiger partial charge in [0.1, 0.15) is 5.75 Å². The maximum atomic E-state index is 10.7. The first-order chi connectivity index (χ1) is 9.03. The average Bonchev–Trinajstić information content (AvgIpc) is 2.42. The van der Waals surface area contributed by atoms with Crippen molar-refractivity contribution in [3.63, 3.8) is 0 Å². The van der Waals surface area contributed by atoms with Gasteiger partial charge in [0.25, 0.3) is 0 Å². The van der Waals surface area contributed by atoms with Crippen LogP contribution in [0.25, 0.3) is 0 Å². The highest BCUT2D eigenvalue weighted by Crippen LogP contribution is 2.30. The maximum Gasteiger partial charge on any atom is 0.119 e. The molecule has 0 saturated heterocycles. The van der Waals surface area contributed by atoms with Crippen molar-refractivity contribution in [1.82, 2.24) is 0 Å². The molecule has 1 N–H and O–H groups in total. The van der Waals surface area contributed by atoms with Crippen LogP contribution in [0, 0.1) is 0 Å². The Morgan fingerprint density at radius 1 is 1.16 bits per heavy atom. The first kappa shape index (κ1) is 14.1. The summed E-state index contributed by atoms with van der Waals surface area (Å²) in [5.74, 6) is 0.794. The normalized spacial score (nSPS) is 13.9. The summed E-state index contributed by atoms with van der Waals surface area (Å²) >= 11 is 3.52. The highest BCUT2D eigenvalue weighted by Gasteiger charge is 2.24. The molecule has 100 valence electrons. The third-order valence-corrected chi connectivity index (χ3v) is 3.96. The molecule has 1 atom stereocenters. The van der Waals surface area contributed by atoms with Crippen molar-refractivity contribution in [2.45, 2.75) is 18.9 Å². The molecular weight excluding hydrogens is 304 g/mol. The predicted molar refractivity (Wildman–Crippen MR) is 80.4 cm³/mol. The summed E-state index contributed by atoms with van der Waals surface area (Å²) in [4.78, 5) is 0. The molecule has 0 spiro atoms. The molecule has 0 saturated carbocycles. The fourth-order valence-corrected chi connectivity index (χ4v) is 2.47. The van der Waals surface area contributed by atoms with Crippen LogP contribution in [0.3, 0.4) is 0 Å². The van der Waals surface area contributed by atoms with Crippen molar-refractivity contribution in [2.75, 3.05) is 7.11 Å². The lowest BCUT2D eigenvalue weighted by Crippen LogP contribution is -2.24. The summed E-state index contributed by atoms with van der Waals surface area (Å²) in [6.07, 6.45) is 0.523. The molecule has 0 aliphatic rings. The molecule has 0 heterocycles. The van der Waals surface area contributed by atoms with Gasteiger partial charge in [-0.3, -0.25) is 0 Å². The lowest BCUT2D eigenvalue weighted by Gasteiger charge is -2.24. The molecule has 0 aliphatic carbocycles. The summed E-state index contributed by atoms with van der Waals surface area (Å²) in [5, 5.41) is 10.7. The minimum Gasteiger partial charge on any atom is -0.497 e. The number of methoxy groups -OCH3 is 1. The van der Waals surface area contributed by atoms with Gasteiger partial charge in [-0.2, -0.15) is 0 Å². The van der Waals surface area contributed by atoms with Gasteiger partial charge in [-0.1, -0.05) is 46.3 Å². The number of rotatable bonds is 4. The monoisotopic (exact) mass is 320 g/mol. The highest BCUT2D eigenvalue weighted by molar-refractivity contribution is 9.10. The van der Waals surface area contributed by atoms with Crippen LogP contribution >= 0.6 is 15.9 Å². The van der Waals surface area contributed by atoms with E-state index in [2.05, 4.69) is 15.9 Å². The van der Waals surface area contributed by atoms with E-state index in [4.69, 9.17) is 4.74 Å². The van der Waals surface area contributed by atoms with Crippen LogP contribution in [-0.2, 0) is 12.0 Å². The van der Waals surface area contributed by atoms with E-state index < -0.39 is 5.60 Å². The minimum absolute atomic E-state index is 0.523. The first-order valence-corrected chi connectivity index (χ1v) is 6.92. The Morgan fingerprint density at radius 3 is 2.47 bits per heavy atom. The molecule has 0 aliphatic heterocycles. The molecule has 2 aromatic carbocycles. The second-order valence-corrected chi connectivity index (χ2v) is 5.63. The summed E-state index contributed by atoms with van der Waals surface area (Å²) in [6, 6.07) is 15.5. The van der Waals surface area contributed by atoms with E-state index in [9.17, 15) is 5.11 Å². The predicted octanol–water partition coefficient (Wildman–Crippen LogP) is 3.91. The van der Waals surface area contributed by atoms with Crippen molar-refractivity contribution in [3.8, 4) is 5.75 Å². The van der Waals surface area contributed by atoms with E-state index in [1.165, 1.54) is 0 Å². The van der Waals surface area contributed by atoms with Gasteiger partial charge in [0, 0.05) is 10.9 Å². The lowest BCUT2D eigenvalue weighted by molar-refractivity contribution is 0.0574. The van der Waals surface area contributed by atoms with Crippen molar-refractivity contribution < 1.29 is 9.84 Å². The van der Waals surface area contributed by atoms with E-state index in [-0.39, 0.29) is 0 Å². The van der Waals surface area contributed by atoms with E-state index in [1.807, 2.05) is 55.5 Å². The van der Waals surface area contributed by atoms with Gasteiger partial charge in [-0.05, 0) is 36.2 Å². The Labute approximate surface area is 122 Å². The number of aliphatic hydroxyl groups is 1. The Bertz CT molecular complexity index is 550. The number of halogens is 1. The number of benzene rings is 2. The van der Waals surface area contributed by atoms with E-state index in [0.717, 1.165) is 21.3 Å². The molecular formula is C16H17BrO2. The Hall–Kier alpha value is -1.32. The summed E-state index contributed by atoms with van der Waals surface area (Å²) in [6.45, 7) is 1.83. The summed E-state index contributed by atoms with van der Waals surface area (Å²) < 4.78 is 6.20. The molecule has 3 heteroatoms. The van der Waals surface area contributed by atoms with Gasteiger partial charge in [0.15, 0.2) is 0 Å². The summed E-state index contributed by atoms with van der Waals surface area (Å²) in [7, 11) is 1.64. The van der Waals surface area contributed by atoms with E-state index in [1.54, 1.807) is 7.11 Å². The van der Waals surface area contributed by atoms with Gasteiger partial charge in [-0.15, -0.1) is 0 Å². The number of ether oxygens (including phenoxy) is 1. The average molecular weight is 321 g/mol. The van der Waals surface area contributed by atoms with Crippen LogP contribution in [-0.4, -0.2) is 12.2 Å². The van der Waals surface area contributed by atoms with E-state index >= 15 is 0 Å². The molecule has 0 fully saturated rings. The molecule has 0 radical (unpaired) electrons. The Balaban J connectivity index is 2.30. The van der Waals surface area contributed by atoms with Gasteiger partial charge in [0.2, 0.25) is 0 Å². The molecule has 1 unspecified atom stereocenters. The Morgan fingerprint density at radius 2 is 1.84 bits per heavy atom. The van der Waals surface area contributed by atoms with Crippen LogP contribution in [0.4, 0.5) is 0 Å². The SMILES string of the molecule is COc1ccc(Br)c(CC(C)(O)c2ccccc2)c1. The number of hydrogen-bond acceptors (Lipinski definition) is 2. The summed E-state index contributed by atoms with van der Waals surface area (Å²) in [5.41, 5.74) is 1.02. The first-order valence-electron chi connectivity index (χ1n) is 6.13. The smallest absolute Gasteiger partial charge is 0.119 e. The van der Waals surface area contributed by atoms with Crippen LogP contribution in [0.15, 0.2) is 53.0 Å². The third kappa shape index (κ3) is 3.37.